The number of halogens is 1. The summed E-state index contributed by atoms with van der Waals surface area (Å²) in [6.45, 7) is 2.61. The number of urea groups is 1. The molecule has 2 heterocycles. The van der Waals surface area contributed by atoms with E-state index in [9.17, 15) is 9.18 Å². The van der Waals surface area contributed by atoms with Crippen molar-refractivity contribution in [3.63, 3.8) is 0 Å². The maximum Gasteiger partial charge on any atom is 0.322 e. The first-order valence-corrected chi connectivity index (χ1v) is 10.2. The second kappa shape index (κ2) is 9.84. The van der Waals surface area contributed by atoms with Crippen molar-refractivity contribution in [3.8, 4) is 0 Å². The zero-order chi connectivity index (χ0) is 20.8. The molecule has 1 saturated heterocycles. The van der Waals surface area contributed by atoms with Gasteiger partial charge in [-0.3, -0.25) is 20.9 Å². The van der Waals surface area contributed by atoms with Gasteiger partial charge in [0.25, 0.3) is 0 Å². The number of hydrogen-bond donors (Lipinski definition) is 3. The molecule has 1 aliphatic rings. The van der Waals surface area contributed by atoms with Crippen molar-refractivity contribution in [3.05, 3.63) is 47.4 Å². The summed E-state index contributed by atoms with van der Waals surface area (Å²) >= 11 is 0. The number of carbonyl (C=O) groups excluding carboxylic acids is 1. The third-order valence-electron chi connectivity index (χ3n) is 5.36. The summed E-state index contributed by atoms with van der Waals surface area (Å²) in [6.07, 6.45) is 5.12. The zero-order valence-corrected chi connectivity index (χ0v) is 17.4. The molecule has 3 rings (SSSR count). The number of rotatable bonds is 8. The van der Waals surface area contributed by atoms with Crippen LogP contribution >= 0.6 is 0 Å². The average molecular weight is 403 g/mol. The van der Waals surface area contributed by atoms with Crippen LogP contribution in [0.3, 0.4) is 0 Å². The quantitative estimate of drug-likeness (QED) is 0.591. The number of unbranched alkanes of at least 4 members (excludes halogenated alkanes) is 2. The molecule has 3 N–H and O–H groups in total. The van der Waals surface area contributed by atoms with Gasteiger partial charge < -0.3 is 4.90 Å². The number of hydrogen-bond acceptors (Lipinski definition) is 4. The fraction of sp³-hybridized carbons (Fsp3) is 0.524. The van der Waals surface area contributed by atoms with Crippen molar-refractivity contribution in [2.24, 2.45) is 7.05 Å². The molecular formula is C21H31FN6O. The van der Waals surface area contributed by atoms with Gasteiger partial charge in [0.1, 0.15) is 11.6 Å². The van der Waals surface area contributed by atoms with Gasteiger partial charge in [0.15, 0.2) is 0 Å². The molecule has 2 unspecified atom stereocenters. The van der Waals surface area contributed by atoms with Crippen LogP contribution in [0, 0.1) is 12.7 Å². The topological polar surface area (TPSA) is 74.2 Å². The highest BCUT2D eigenvalue weighted by atomic mass is 19.1. The predicted octanol–water partition coefficient (Wildman–Crippen LogP) is 3.50. The van der Waals surface area contributed by atoms with E-state index >= 15 is 0 Å². The third-order valence-corrected chi connectivity index (χ3v) is 5.36. The number of carbonyl (C=O) groups is 1. The van der Waals surface area contributed by atoms with E-state index in [1.807, 2.05) is 33.2 Å². The smallest absolute Gasteiger partial charge is 0.322 e. The Balaban J connectivity index is 1.31. The Bertz CT molecular complexity index is 823. The van der Waals surface area contributed by atoms with E-state index < -0.39 is 0 Å². The molecule has 1 aromatic heterocycles. The van der Waals surface area contributed by atoms with Crippen LogP contribution in [0.4, 0.5) is 15.0 Å². The van der Waals surface area contributed by atoms with Gasteiger partial charge >= 0.3 is 6.03 Å². The SMILES string of the molecule is Cc1cc(NC(=O)N(C)CCCCCC2CC(c3cccc(F)c3)NN2)n(C)n1. The highest BCUT2D eigenvalue weighted by molar-refractivity contribution is 5.88. The fourth-order valence-electron chi connectivity index (χ4n) is 3.70. The maximum absolute atomic E-state index is 13.4. The summed E-state index contributed by atoms with van der Waals surface area (Å²) in [4.78, 5) is 14.0. The molecule has 2 atom stereocenters. The molecule has 0 aliphatic carbocycles. The van der Waals surface area contributed by atoms with Crippen LogP contribution in [0.1, 0.15) is 49.4 Å². The first-order chi connectivity index (χ1) is 13.9. The van der Waals surface area contributed by atoms with Crippen LogP contribution in [0.5, 0.6) is 0 Å². The van der Waals surface area contributed by atoms with Crippen LogP contribution in [-0.2, 0) is 7.05 Å². The van der Waals surface area contributed by atoms with E-state index in [4.69, 9.17) is 0 Å². The Kier molecular flexibility index (Phi) is 7.22. The van der Waals surface area contributed by atoms with Crippen LogP contribution in [0.2, 0.25) is 0 Å². The first-order valence-electron chi connectivity index (χ1n) is 10.2. The van der Waals surface area contributed by atoms with Gasteiger partial charge in [-0.25, -0.2) is 9.18 Å². The van der Waals surface area contributed by atoms with Gasteiger partial charge in [0.05, 0.1) is 5.69 Å². The summed E-state index contributed by atoms with van der Waals surface area (Å²) < 4.78 is 15.1. The monoisotopic (exact) mass is 402 g/mol. The summed E-state index contributed by atoms with van der Waals surface area (Å²) in [5, 5.41) is 7.11. The Morgan fingerprint density at radius 1 is 1.31 bits per heavy atom. The Hall–Kier alpha value is -2.45. The molecule has 7 nitrogen and oxygen atoms in total. The summed E-state index contributed by atoms with van der Waals surface area (Å²) in [5.41, 5.74) is 8.45. The van der Waals surface area contributed by atoms with Crippen LogP contribution in [-0.4, -0.2) is 40.3 Å². The summed E-state index contributed by atoms with van der Waals surface area (Å²) in [7, 11) is 3.62. The fourth-order valence-corrected chi connectivity index (χ4v) is 3.70. The van der Waals surface area contributed by atoms with E-state index in [-0.39, 0.29) is 17.9 Å². The second-order valence-electron chi connectivity index (χ2n) is 7.82. The molecule has 0 bridgehead atoms. The lowest BCUT2D eigenvalue weighted by molar-refractivity contribution is 0.221. The van der Waals surface area contributed by atoms with Crippen molar-refractivity contribution in [2.45, 2.75) is 51.1 Å². The average Bonchev–Trinajstić information content (AvgIpc) is 3.27. The van der Waals surface area contributed by atoms with Gasteiger partial charge in [0.2, 0.25) is 0 Å². The standard InChI is InChI=1S/C21H31FN6O/c1-15-12-20(28(3)26-15)23-21(29)27(2)11-6-4-5-10-18-14-19(25-24-18)16-8-7-9-17(22)13-16/h7-9,12-13,18-19,24-25H,4-6,10-11,14H2,1-3H3,(H,23,29). The van der Waals surface area contributed by atoms with Gasteiger partial charge in [-0.15, -0.1) is 0 Å². The summed E-state index contributed by atoms with van der Waals surface area (Å²) in [5.74, 6) is 0.506. The van der Waals surface area contributed by atoms with E-state index in [2.05, 4.69) is 21.3 Å². The van der Waals surface area contributed by atoms with Gasteiger partial charge in [-0.05, 0) is 43.9 Å². The minimum absolute atomic E-state index is 0.118. The largest absolute Gasteiger partial charge is 0.328 e. The molecular weight excluding hydrogens is 371 g/mol. The second-order valence-corrected chi connectivity index (χ2v) is 7.82. The first kappa shape index (κ1) is 21.3. The van der Waals surface area contributed by atoms with Gasteiger partial charge in [-0.1, -0.05) is 25.0 Å². The number of aromatic nitrogens is 2. The van der Waals surface area contributed by atoms with Crippen molar-refractivity contribution in [1.29, 1.82) is 0 Å². The van der Waals surface area contributed by atoms with Gasteiger partial charge in [-0.2, -0.15) is 5.10 Å². The van der Waals surface area contributed by atoms with E-state index in [1.54, 1.807) is 21.7 Å². The zero-order valence-electron chi connectivity index (χ0n) is 17.4. The number of aryl methyl sites for hydroxylation is 2. The molecule has 1 aromatic carbocycles. The molecule has 29 heavy (non-hydrogen) atoms. The Morgan fingerprint density at radius 3 is 2.86 bits per heavy atom. The highest BCUT2D eigenvalue weighted by Gasteiger charge is 2.24. The summed E-state index contributed by atoms with van der Waals surface area (Å²) in [6, 6.07) is 9.05. The lowest BCUT2D eigenvalue weighted by Crippen LogP contribution is -2.33. The molecule has 1 aliphatic heterocycles. The molecule has 0 saturated carbocycles. The molecule has 1 fully saturated rings. The normalized spacial score (nSPS) is 18.8. The lowest BCUT2D eigenvalue weighted by Gasteiger charge is -2.18. The van der Waals surface area contributed by atoms with E-state index in [0.717, 1.165) is 43.4 Å². The molecule has 2 amide bonds. The number of nitrogens with one attached hydrogen (secondary N) is 3. The third kappa shape index (κ3) is 6.01. The van der Waals surface area contributed by atoms with Crippen molar-refractivity contribution < 1.29 is 9.18 Å². The van der Waals surface area contributed by atoms with E-state index in [1.165, 1.54) is 6.07 Å². The number of benzene rings is 1. The van der Waals surface area contributed by atoms with E-state index in [0.29, 0.717) is 18.4 Å². The molecule has 0 spiro atoms. The van der Waals surface area contributed by atoms with Crippen LogP contribution in [0.15, 0.2) is 30.3 Å². The highest BCUT2D eigenvalue weighted by Crippen LogP contribution is 2.25. The number of nitrogens with zero attached hydrogens (tertiary/aromatic N) is 3. The lowest BCUT2D eigenvalue weighted by atomic mass is 9.99. The Labute approximate surface area is 171 Å². The van der Waals surface area contributed by atoms with Crippen molar-refractivity contribution in [1.82, 2.24) is 25.5 Å². The van der Waals surface area contributed by atoms with Crippen LogP contribution in [0.25, 0.3) is 0 Å². The van der Waals surface area contributed by atoms with Crippen molar-refractivity contribution in [2.75, 3.05) is 18.9 Å². The minimum atomic E-state index is -0.195. The minimum Gasteiger partial charge on any atom is -0.328 e. The predicted molar refractivity (Wildman–Crippen MR) is 112 cm³/mol. The van der Waals surface area contributed by atoms with Gasteiger partial charge in [0, 0.05) is 38.8 Å². The Morgan fingerprint density at radius 2 is 2.14 bits per heavy atom. The molecule has 2 aromatic rings. The number of hydrazine groups is 1. The van der Waals surface area contributed by atoms with Crippen molar-refractivity contribution >= 4 is 11.8 Å². The number of anilines is 1. The maximum atomic E-state index is 13.4. The molecule has 158 valence electrons. The molecule has 0 radical (unpaired) electrons. The number of amides is 2. The van der Waals surface area contributed by atoms with Crippen LogP contribution < -0.4 is 16.2 Å². The molecule has 8 heteroatoms.